The van der Waals surface area contributed by atoms with Gasteiger partial charge in [-0.1, -0.05) is 12.1 Å². The van der Waals surface area contributed by atoms with Crippen molar-refractivity contribution < 1.29 is 14.3 Å². The lowest BCUT2D eigenvalue weighted by Crippen LogP contribution is -2.51. The topological polar surface area (TPSA) is 70.7 Å². The number of anilines is 1. The number of amides is 2. The second-order valence-electron chi connectivity index (χ2n) is 6.81. The van der Waals surface area contributed by atoms with E-state index >= 15 is 0 Å². The predicted molar refractivity (Wildman–Crippen MR) is 92.0 cm³/mol. The number of aryl methyl sites for hydroxylation is 1. The van der Waals surface area contributed by atoms with Crippen molar-refractivity contribution >= 4 is 17.7 Å². The molecule has 0 radical (unpaired) electrons. The highest BCUT2D eigenvalue weighted by Crippen LogP contribution is 2.27. The maximum absolute atomic E-state index is 11.6. The summed E-state index contributed by atoms with van der Waals surface area (Å²) in [6, 6.07) is 8.41. The molecule has 1 saturated carbocycles. The summed E-state index contributed by atoms with van der Waals surface area (Å²) in [4.78, 5) is 25.4. The number of carbonyl (C=O) groups is 2. The average Bonchev–Trinajstić information content (AvgIpc) is 3.33. The number of nitrogens with zero attached hydrogens (tertiary/aromatic N) is 1. The Bertz CT molecular complexity index is 595. The first-order chi connectivity index (χ1) is 11.6. The molecule has 2 N–H and O–H groups in total. The summed E-state index contributed by atoms with van der Waals surface area (Å²) in [6.45, 7) is 4.99. The number of ether oxygens (including phenoxy) is 1. The normalized spacial score (nSPS) is 17.1. The van der Waals surface area contributed by atoms with Gasteiger partial charge in [0, 0.05) is 37.8 Å². The van der Waals surface area contributed by atoms with Crippen LogP contribution in [0.1, 0.15) is 18.4 Å². The van der Waals surface area contributed by atoms with E-state index in [1.807, 2.05) is 0 Å². The molecule has 0 spiro atoms. The number of hydrogen-bond donors (Lipinski definition) is 2. The first kappa shape index (κ1) is 16.6. The fraction of sp³-hybridized carbons (Fsp3) is 0.556. The standard InChI is InChI=1S/C18H25N3O3/c1-13-3-2-4-16(7-13)21-10-15(11-21)9-20-18(23)24-12-17(22)19-8-14-5-6-14/h2-4,7,14-15H,5-6,8-12H2,1H3,(H,19,22)(H,20,23). The summed E-state index contributed by atoms with van der Waals surface area (Å²) in [5.41, 5.74) is 2.47. The molecule has 1 aliphatic carbocycles. The van der Waals surface area contributed by atoms with Crippen LogP contribution in [-0.4, -0.2) is 44.8 Å². The van der Waals surface area contributed by atoms with Crippen LogP contribution in [0.3, 0.4) is 0 Å². The smallest absolute Gasteiger partial charge is 0.407 e. The zero-order chi connectivity index (χ0) is 16.9. The van der Waals surface area contributed by atoms with Crippen LogP contribution in [0.2, 0.25) is 0 Å². The molecule has 0 aromatic heterocycles. The highest BCUT2D eigenvalue weighted by atomic mass is 16.6. The maximum atomic E-state index is 11.6. The number of nitrogens with one attached hydrogen (secondary N) is 2. The van der Waals surface area contributed by atoms with Gasteiger partial charge in [0.2, 0.25) is 0 Å². The Hall–Kier alpha value is -2.24. The van der Waals surface area contributed by atoms with E-state index in [9.17, 15) is 9.59 Å². The third-order valence-electron chi connectivity index (χ3n) is 4.48. The molecule has 2 amide bonds. The van der Waals surface area contributed by atoms with Crippen molar-refractivity contribution in [3.63, 3.8) is 0 Å². The first-order valence-electron chi connectivity index (χ1n) is 8.59. The molecule has 0 atom stereocenters. The molecule has 24 heavy (non-hydrogen) atoms. The largest absolute Gasteiger partial charge is 0.439 e. The van der Waals surface area contributed by atoms with Crippen LogP contribution in [0.5, 0.6) is 0 Å². The molecule has 6 nitrogen and oxygen atoms in total. The van der Waals surface area contributed by atoms with Crippen LogP contribution in [-0.2, 0) is 9.53 Å². The van der Waals surface area contributed by atoms with Gasteiger partial charge in [-0.3, -0.25) is 4.79 Å². The molecule has 1 aromatic rings. The van der Waals surface area contributed by atoms with Crippen molar-refractivity contribution in [1.82, 2.24) is 10.6 Å². The minimum atomic E-state index is -0.523. The Morgan fingerprint density at radius 2 is 1.92 bits per heavy atom. The van der Waals surface area contributed by atoms with Gasteiger partial charge in [0.25, 0.3) is 5.91 Å². The number of hydrogen-bond acceptors (Lipinski definition) is 4. The Labute approximate surface area is 142 Å². The van der Waals surface area contributed by atoms with Gasteiger partial charge in [0.1, 0.15) is 0 Å². The molecule has 0 bridgehead atoms. The van der Waals surface area contributed by atoms with Crippen LogP contribution in [0.15, 0.2) is 24.3 Å². The molecule has 1 aromatic carbocycles. The Morgan fingerprint density at radius 1 is 1.17 bits per heavy atom. The molecule has 2 aliphatic rings. The van der Waals surface area contributed by atoms with Crippen LogP contribution in [0.4, 0.5) is 10.5 Å². The van der Waals surface area contributed by atoms with E-state index in [4.69, 9.17) is 4.74 Å². The van der Waals surface area contributed by atoms with E-state index in [-0.39, 0.29) is 12.5 Å². The van der Waals surface area contributed by atoms with E-state index in [1.165, 1.54) is 24.1 Å². The molecule has 1 heterocycles. The average molecular weight is 331 g/mol. The first-order valence-corrected chi connectivity index (χ1v) is 8.59. The van der Waals surface area contributed by atoms with Crippen molar-refractivity contribution in [2.24, 2.45) is 11.8 Å². The summed E-state index contributed by atoms with van der Waals surface area (Å²) in [7, 11) is 0. The summed E-state index contributed by atoms with van der Waals surface area (Å²) < 4.78 is 4.93. The molecule has 1 saturated heterocycles. The van der Waals surface area contributed by atoms with Crippen molar-refractivity contribution in [3.05, 3.63) is 29.8 Å². The molecule has 0 unspecified atom stereocenters. The fourth-order valence-electron chi connectivity index (χ4n) is 2.78. The predicted octanol–water partition coefficient (Wildman–Crippen LogP) is 1.68. The van der Waals surface area contributed by atoms with Gasteiger partial charge in [0.05, 0.1) is 0 Å². The lowest BCUT2D eigenvalue weighted by Gasteiger charge is -2.41. The fourth-order valence-corrected chi connectivity index (χ4v) is 2.78. The lowest BCUT2D eigenvalue weighted by atomic mass is 9.99. The molecule has 1 aliphatic heterocycles. The summed E-state index contributed by atoms with van der Waals surface area (Å²) in [5, 5.41) is 5.50. The summed E-state index contributed by atoms with van der Waals surface area (Å²) in [5.74, 6) is 0.811. The van der Waals surface area contributed by atoms with Crippen molar-refractivity contribution in [1.29, 1.82) is 0 Å². The van der Waals surface area contributed by atoms with Gasteiger partial charge >= 0.3 is 6.09 Å². The third kappa shape index (κ3) is 4.88. The zero-order valence-corrected chi connectivity index (χ0v) is 14.1. The van der Waals surface area contributed by atoms with Crippen molar-refractivity contribution in [2.45, 2.75) is 19.8 Å². The minimum Gasteiger partial charge on any atom is -0.439 e. The molecular weight excluding hydrogens is 306 g/mol. The quantitative estimate of drug-likeness (QED) is 0.797. The Kier molecular flexibility index (Phi) is 5.23. The molecule has 130 valence electrons. The number of carbonyl (C=O) groups excluding carboxylic acids is 2. The highest BCUT2D eigenvalue weighted by Gasteiger charge is 2.27. The van der Waals surface area contributed by atoms with Crippen molar-refractivity contribution in [3.8, 4) is 0 Å². The van der Waals surface area contributed by atoms with Crippen LogP contribution >= 0.6 is 0 Å². The van der Waals surface area contributed by atoms with E-state index in [0.29, 0.717) is 24.9 Å². The summed E-state index contributed by atoms with van der Waals surface area (Å²) >= 11 is 0. The zero-order valence-electron chi connectivity index (χ0n) is 14.1. The Morgan fingerprint density at radius 3 is 2.62 bits per heavy atom. The molecule has 6 heteroatoms. The van der Waals surface area contributed by atoms with Crippen molar-refractivity contribution in [2.75, 3.05) is 37.7 Å². The van der Waals surface area contributed by atoms with Gasteiger partial charge in [-0.2, -0.15) is 0 Å². The minimum absolute atomic E-state index is 0.210. The van der Waals surface area contributed by atoms with E-state index < -0.39 is 6.09 Å². The number of alkyl carbamates (subject to hydrolysis) is 1. The second-order valence-corrected chi connectivity index (χ2v) is 6.81. The maximum Gasteiger partial charge on any atom is 0.407 e. The van der Waals surface area contributed by atoms with Gasteiger partial charge < -0.3 is 20.3 Å². The second kappa shape index (κ2) is 7.55. The molecular formula is C18H25N3O3. The van der Waals surface area contributed by atoms with Gasteiger partial charge in [-0.25, -0.2) is 4.79 Å². The van der Waals surface area contributed by atoms with E-state index in [2.05, 4.69) is 46.7 Å². The van der Waals surface area contributed by atoms with Crippen LogP contribution in [0, 0.1) is 18.8 Å². The number of benzene rings is 1. The SMILES string of the molecule is Cc1cccc(N2CC(CNC(=O)OCC(=O)NCC3CC3)C2)c1. The van der Waals surface area contributed by atoms with E-state index in [0.717, 1.165) is 13.1 Å². The van der Waals surface area contributed by atoms with E-state index in [1.54, 1.807) is 0 Å². The van der Waals surface area contributed by atoms with Gasteiger partial charge in [-0.05, 0) is 43.4 Å². The van der Waals surface area contributed by atoms with Crippen LogP contribution in [0.25, 0.3) is 0 Å². The molecule has 2 fully saturated rings. The third-order valence-corrected chi connectivity index (χ3v) is 4.48. The highest BCUT2D eigenvalue weighted by molar-refractivity contribution is 5.80. The Balaban J connectivity index is 1.26. The number of rotatable bonds is 7. The molecule has 3 rings (SSSR count). The van der Waals surface area contributed by atoms with Crippen LogP contribution < -0.4 is 15.5 Å². The summed E-state index contributed by atoms with van der Waals surface area (Å²) in [6.07, 6.45) is 1.84. The monoisotopic (exact) mass is 331 g/mol. The van der Waals surface area contributed by atoms with Gasteiger partial charge in [-0.15, -0.1) is 0 Å². The lowest BCUT2D eigenvalue weighted by molar-refractivity contribution is -0.124. The van der Waals surface area contributed by atoms with Gasteiger partial charge in [0.15, 0.2) is 6.61 Å².